The summed E-state index contributed by atoms with van der Waals surface area (Å²) in [5, 5.41) is 0. The second-order valence-electron chi connectivity index (χ2n) is 8.44. The first kappa shape index (κ1) is 16.4. The van der Waals surface area contributed by atoms with Gasteiger partial charge in [0.2, 0.25) is 0 Å². The van der Waals surface area contributed by atoms with Crippen molar-refractivity contribution in [3.8, 4) is 0 Å². The molecule has 0 aromatic heterocycles. The van der Waals surface area contributed by atoms with E-state index in [0.717, 1.165) is 5.92 Å². The Morgan fingerprint density at radius 3 is 2.35 bits per heavy atom. The van der Waals surface area contributed by atoms with Gasteiger partial charge in [-0.15, -0.1) is 0 Å². The minimum atomic E-state index is 0.767. The van der Waals surface area contributed by atoms with E-state index in [1.54, 1.807) is 22.6 Å². The van der Waals surface area contributed by atoms with Crippen LogP contribution < -0.4 is 0 Å². The Labute approximate surface area is 157 Å². The van der Waals surface area contributed by atoms with E-state index in [9.17, 15) is 0 Å². The Morgan fingerprint density at radius 2 is 1.58 bits per heavy atom. The van der Waals surface area contributed by atoms with Crippen LogP contribution in [-0.2, 0) is 0 Å². The van der Waals surface area contributed by atoms with Crippen LogP contribution in [0.3, 0.4) is 0 Å². The minimum absolute atomic E-state index is 0.767. The molecule has 5 rings (SSSR count). The molecule has 0 amide bonds. The molecule has 2 heterocycles. The highest BCUT2D eigenvalue weighted by atomic mass is 15.1. The maximum atomic E-state index is 2.70. The van der Waals surface area contributed by atoms with Crippen LogP contribution >= 0.6 is 0 Å². The van der Waals surface area contributed by atoms with Crippen LogP contribution in [0.15, 0.2) is 47.7 Å². The third-order valence-electron chi connectivity index (χ3n) is 6.88. The lowest BCUT2D eigenvalue weighted by Gasteiger charge is -2.34. The number of allylic oxidation sites excluding steroid dienone is 4. The van der Waals surface area contributed by atoms with Gasteiger partial charge < -0.3 is 4.90 Å². The van der Waals surface area contributed by atoms with Gasteiger partial charge in [0.05, 0.1) is 5.57 Å². The van der Waals surface area contributed by atoms with Crippen LogP contribution in [0.4, 0.5) is 0 Å². The van der Waals surface area contributed by atoms with Gasteiger partial charge in [-0.25, -0.2) is 4.58 Å². The summed E-state index contributed by atoms with van der Waals surface area (Å²) in [6.45, 7) is 5.05. The van der Waals surface area contributed by atoms with E-state index in [0.29, 0.717) is 0 Å². The van der Waals surface area contributed by atoms with Crippen LogP contribution in [0.25, 0.3) is 5.57 Å². The number of rotatable bonds is 2. The molecular weight excluding hydrogens is 316 g/mol. The maximum Gasteiger partial charge on any atom is 0.184 e. The van der Waals surface area contributed by atoms with Gasteiger partial charge in [0.15, 0.2) is 5.71 Å². The van der Waals surface area contributed by atoms with Crippen molar-refractivity contribution < 1.29 is 4.58 Å². The molecule has 0 bridgehead atoms. The number of hydrogen-bond donors (Lipinski definition) is 0. The standard InChI is InChI=1S/C24H31N2/c1-2-8-20(9-3-1)24-22-18-21(25-14-4-5-15-25)12-10-19(22)11-13-23(24)26-16-6-7-17-26/h1-3,8-9,18-19H,4-7,10-17H2/q+1. The predicted octanol–water partition coefficient (Wildman–Crippen LogP) is 4.87. The van der Waals surface area contributed by atoms with Crippen LogP contribution in [0.1, 0.15) is 56.9 Å². The van der Waals surface area contributed by atoms with Gasteiger partial charge in [-0.1, -0.05) is 30.3 Å². The SMILES string of the molecule is C1=C(N2CCCC2)CCC2CCC(=[N+]3CCCC3)C(c3ccccc3)=C12. The molecule has 1 aromatic carbocycles. The van der Waals surface area contributed by atoms with Gasteiger partial charge in [0.1, 0.15) is 13.1 Å². The summed E-state index contributed by atoms with van der Waals surface area (Å²) >= 11 is 0. The molecule has 1 atom stereocenters. The first-order valence-electron chi connectivity index (χ1n) is 10.8. The summed E-state index contributed by atoms with van der Waals surface area (Å²) in [4.78, 5) is 2.66. The van der Waals surface area contributed by atoms with E-state index >= 15 is 0 Å². The van der Waals surface area contributed by atoms with E-state index in [1.165, 1.54) is 83.1 Å². The number of hydrogen-bond acceptors (Lipinski definition) is 1. The molecule has 1 aromatic rings. The Bertz CT molecular complexity index is 755. The fraction of sp³-hybridized carbons (Fsp3) is 0.542. The van der Waals surface area contributed by atoms with E-state index in [2.05, 4.69) is 45.9 Å². The highest BCUT2D eigenvalue weighted by molar-refractivity contribution is 6.23. The molecule has 2 aliphatic carbocycles. The monoisotopic (exact) mass is 347 g/mol. The molecular formula is C24H31N2+. The fourth-order valence-electron chi connectivity index (χ4n) is 5.52. The quantitative estimate of drug-likeness (QED) is 0.692. The van der Waals surface area contributed by atoms with Crippen molar-refractivity contribution in [3.63, 3.8) is 0 Å². The molecule has 0 spiro atoms. The summed E-state index contributed by atoms with van der Waals surface area (Å²) < 4.78 is 2.70. The number of likely N-dealkylation sites (tertiary alicyclic amines) is 1. The Hall–Kier alpha value is -1.83. The van der Waals surface area contributed by atoms with Gasteiger partial charge in [-0.05, 0) is 55.2 Å². The maximum absolute atomic E-state index is 2.70. The van der Waals surface area contributed by atoms with Crippen LogP contribution in [0, 0.1) is 5.92 Å². The Balaban J connectivity index is 1.66. The molecule has 136 valence electrons. The Kier molecular flexibility index (Phi) is 4.44. The highest BCUT2D eigenvalue weighted by Gasteiger charge is 2.35. The lowest BCUT2D eigenvalue weighted by Crippen LogP contribution is -2.30. The second-order valence-corrected chi connectivity index (χ2v) is 8.44. The van der Waals surface area contributed by atoms with Crippen molar-refractivity contribution in [2.45, 2.75) is 51.4 Å². The van der Waals surface area contributed by atoms with Gasteiger partial charge in [-0.3, -0.25) is 0 Å². The first-order valence-corrected chi connectivity index (χ1v) is 10.8. The van der Waals surface area contributed by atoms with Crippen molar-refractivity contribution in [1.29, 1.82) is 0 Å². The molecule has 0 saturated carbocycles. The van der Waals surface area contributed by atoms with Crippen LogP contribution in [0.5, 0.6) is 0 Å². The van der Waals surface area contributed by atoms with Gasteiger partial charge in [0, 0.05) is 38.0 Å². The largest absolute Gasteiger partial charge is 0.375 e. The normalized spacial score (nSPS) is 26.4. The number of nitrogens with zero attached hydrogens (tertiary/aromatic N) is 2. The topological polar surface area (TPSA) is 6.25 Å². The zero-order valence-electron chi connectivity index (χ0n) is 15.9. The molecule has 2 fully saturated rings. The second kappa shape index (κ2) is 7.06. The smallest absolute Gasteiger partial charge is 0.184 e. The predicted molar refractivity (Wildman–Crippen MR) is 108 cm³/mol. The lowest BCUT2D eigenvalue weighted by atomic mass is 9.74. The van der Waals surface area contributed by atoms with Gasteiger partial charge in [-0.2, -0.15) is 0 Å². The molecule has 2 heteroatoms. The summed E-state index contributed by atoms with van der Waals surface area (Å²) in [6.07, 6.45) is 13.3. The van der Waals surface area contributed by atoms with Gasteiger partial charge in [0.25, 0.3) is 0 Å². The molecule has 2 nitrogen and oxygen atoms in total. The lowest BCUT2D eigenvalue weighted by molar-refractivity contribution is -0.506. The zero-order valence-corrected chi connectivity index (χ0v) is 15.9. The summed E-state index contributed by atoms with van der Waals surface area (Å²) in [6, 6.07) is 11.2. The summed E-state index contributed by atoms with van der Waals surface area (Å²) in [5.41, 5.74) is 7.93. The molecule has 26 heavy (non-hydrogen) atoms. The molecule has 2 aliphatic heterocycles. The fourth-order valence-corrected chi connectivity index (χ4v) is 5.52. The van der Waals surface area contributed by atoms with Crippen molar-refractivity contribution in [2.24, 2.45) is 5.92 Å². The first-order chi connectivity index (χ1) is 12.9. The van der Waals surface area contributed by atoms with Crippen LogP contribution in [0.2, 0.25) is 0 Å². The molecule has 0 radical (unpaired) electrons. The zero-order chi connectivity index (χ0) is 17.3. The van der Waals surface area contributed by atoms with Crippen molar-refractivity contribution in [3.05, 3.63) is 53.2 Å². The summed E-state index contributed by atoms with van der Waals surface area (Å²) in [7, 11) is 0. The molecule has 2 saturated heterocycles. The van der Waals surface area contributed by atoms with Gasteiger partial charge >= 0.3 is 0 Å². The average molecular weight is 348 g/mol. The number of fused-ring (bicyclic) bond motifs is 1. The summed E-state index contributed by atoms with van der Waals surface area (Å²) in [5.74, 6) is 0.767. The van der Waals surface area contributed by atoms with E-state index in [1.807, 2.05) is 0 Å². The van der Waals surface area contributed by atoms with Crippen molar-refractivity contribution in [1.82, 2.24) is 4.90 Å². The van der Waals surface area contributed by atoms with E-state index < -0.39 is 0 Å². The minimum Gasteiger partial charge on any atom is -0.375 e. The third-order valence-corrected chi connectivity index (χ3v) is 6.88. The van der Waals surface area contributed by atoms with Crippen LogP contribution in [-0.4, -0.2) is 41.4 Å². The molecule has 0 N–H and O–H groups in total. The highest BCUT2D eigenvalue weighted by Crippen LogP contribution is 2.42. The van der Waals surface area contributed by atoms with Crippen molar-refractivity contribution >= 4 is 11.3 Å². The third kappa shape index (κ3) is 2.94. The Morgan fingerprint density at radius 1 is 0.846 bits per heavy atom. The molecule has 4 aliphatic rings. The average Bonchev–Trinajstić information content (AvgIpc) is 3.41. The van der Waals surface area contributed by atoms with E-state index in [4.69, 9.17) is 0 Å². The number of benzene rings is 1. The molecule has 1 unspecified atom stereocenters. The van der Waals surface area contributed by atoms with Crippen molar-refractivity contribution in [2.75, 3.05) is 26.2 Å². The van der Waals surface area contributed by atoms with E-state index in [-0.39, 0.29) is 0 Å².